The molecule has 0 saturated heterocycles. The number of hydrogen-bond acceptors (Lipinski definition) is 3. The van der Waals surface area contributed by atoms with Crippen LogP contribution in [0, 0.1) is 11.8 Å². The van der Waals surface area contributed by atoms with Crippen molar-refractivity contribution >= 4 is 11.8 Å². The molecule has 0 aromatic carbocycles. The predicted molar refractivity (Wildman–Crippen MR) is 75.4 cm³/mol. The molecule has 2 rings (SSSR count). The molecule has 1 heterocycles. The minimum Gasteiger partial charge on any atom is -0.478 e. The maximum absolute atomic E-state index is 11.0. The normalized spacial score (nSPS) is 23.3. The quantitative estimate of drug-likeness (QED) is 0.873. The van der Waals surface area contributed by atoms with Gasteiger partial charge in [0.2, 0.25) is 0 Å². The molecule has 2 N–H and O–H groups in total. The van der Waals surface area contributed by atoms with Crippen LogP contribution in [-0.4, -0.2) is 22.1 Å². The molecule has 4 heteroatoms. The third-order valence-corrected chi connectivity index (χ3v) is 4.02. The molecule has 1 aliphatic rings. The Morgan fingerprint density at radius 3 is 2.84 bits per heavy atom. The molecular formula is C15H22N2O2. The van der Waals surface area contributed by atoms with Crippen molar-refractivity contribution in [2.24, 2.45) is 11.8 Å². The van der Waals surface area contributed by atoms with Gasteiger partial charge < -0.3 is 10.4 Å². The predicted octanol–water partition coefficient (Wildman–Crippen LogP) is 3.41. The zero-order chi connectivity index (χ0) is 13.8. The molecule has 1 aromatic heterocycles. The Balaban J connectivity index is 2.10. The lowest BCUT2D eigenvalue weighted by molar-refractivity contribution is 0.0697. The van der Waals surface area contributed by atoms with Crippen LogP contribution in [-0.2, 0) is 0 Å². The summed E-state index contributed by atoms with van der Waals surface area (Å²) in [4.78, 5) is 15.2. The summed E-state index contributed by atoms with van der Waals surface area (Å²) in [7, 11) is 0. The molecule has 0 spiro atoms. The number of pyridine rings is 1. The Bertz CT molecular complexity index is 446. The largest absolute Gasteiger partial charge is 0.478 e. The van der Waals surface area contributed by atoms with Crippen LogP contribution in [0.5, 0.6) is 0 Å². The van der Waals surface area contributed by atoms with Crippen molar-refractivity contribution in [2.75, 3.05) is 5.32 Å². The van der Waals surface area contributed by atoms with Gasteiger partial charge in [0.1, 0.15) is 5.82 Å². The number of nitrogens with zero attached hydrogens (tertiary/aromatic N) is 1. The topological polar surface area (TPSA) is 62.2 Å². The van der Waals surface area contributed by atoms with Gasteiger partial charge in [-0.1, -0.05) is 26.7 Å². The molecule has 2 unspecified atom stereocenters. The Morgan fingerprint density at radius 2 is 2.16 bits per heavy atom. The lowest BCUT2D eigenvalue weighted by Crippen LogP contribution is -2.35. The second kappa shape index (κ2) is 6.04. The van der Waals surface area contributed by atoms with Gasteiger partial charge in [-0.3, -0.25) is 0 Å². The SMILES string of the molecule is CC(C)C1CCCCC1Nc1cc(C(=O)O)ccn1. The van der Waals surface area contributed by atoms with E-state index in [1.54, 1.807) is 12.3 Å². The highest BCUT2D eigenvalue weighted by molar-refractivity contribution is 5.88. The van der Waals surface area contributed by atoms with Crippen molar-refractivity contribution < 1.29 is 9.90 Å². The van der Waals surface area contributed by atoms with Gasteiger partial charge in [-0.05, 0) is 36.8 Å². The molecule has 0 radical (unpaired) electrons. The van der Waals surface area contributed by atoms with Gasteiger partial charge in [-0.25, -0.2) is 9.78 Å². The van der Waals surface area contributed by atoms with Crippen LogP contribution < -0.4 is 5.32 Å². The first-order chi connectivity index (χ1) is 9.08. The van der Waals surface area contributed by atoms with Gasteiger partial charge in [0.25, 0.3) is 0 Å². The first-order valence-corrected chi connectivity index (χ1v) is 7.04. The highest BCUT2D eigenvalue weighted by Crippen LogP contribution is 2.32. The van der Waals surface area contributed by atoms with Crippen LogP contribution in [0.2, 0.25) is 0 Å². The number of aromatic nitrogens is 1. The standard InChI is InChI=1S/C15H22N2O2/c1-10(2)12-5-3-4-6-13(12)17-14-9-11(15(18)19)7-8-16-14/h7-10,12-13H,3-6H2,1-2H3,(H,16,17)(H,18,19). The van der Waals surface area contributed by atoms with Gasteiger partial charge in [0.05, 0.1) is 5.56 Å². The zero-order valence-corrected chi connectivity index (χ0v) is 11.6. The highest BCUT2D eigenvalue weighted by Gasteiger charge is 2.27. The van der Waals surface area contributed by atoms with Crippen LogP contribution >= 0.6 is 0 Å². The number of aromatic carboxylic acids is 1. The van der Waals surface area contributed by atoms with Crippen LogP contribution in [0.1, 0.15) is 49.9 Å². The Hall–Kier alpha value is -1.58. The van der Waals surface area contributed by atoms with E-state index in [9.17, 15) is 4.79 Å². The van der Waals surface area contributed by atoms with Gasteiger partial charge >= 0.3 is 5.97 Å². The number of anilines is 1. The van der Waals surface area contributed by atoms with Crippen LogP contribution in [0.15, 0.2) is 18.3 Å². The molecule has 4 nitrogen and oxygen atoms in total. The molecule has 1 aromatic rings. The fraction of sp³-hybridized carbons (Fsp3) is 0.600. The van der Waals surface area contributed by atoms with E-state index in [4.69, 9.17) is 5.11 Å². The highest BCUT2D eigenvalue weighted by atomic mass is 16.4. The first kappa shape index (κ1) is 13.8. The van der Waals surface area contributed by atoms with Crippen molar-refractivity contribution in [1.82, 2.24) is 4.98 Å². The molecule has 104 valence electrons. The smallest absolute Gasteiger partial charge is 0.335 e. The zero-order valence-electron chi connectivity index (χ0n) is 11.6. The lowest BCUT2D eigenvalue weighted by atomic mass is 9.78. The summed E-state index contributed by atoms with van der Waals surface area (Å²) >= 11 is 0. The maximum atomic E-state index is 11.0. The van der Waals surface area contributed by atoms with E-state index in [-0.39, 0.29) is 5.56 Å². The van der Waals surface area contributed by atoms with Crippen molar-refractivity contribution in [1.29, 1.82) is 0 Å². The second-order valence-corrected chi connectivity index (χ2v) is 5.68. The maximum Gasteiger partial charge on any atom is 0.335 e. The van der Waals surface area contributed by atoms with E-state index >= 15 is 0 Å². The summed E-state index contributed by atoms with van der Waals surface area (Å²) in [5.41, 5.74) is 0.286. The van der Waals surface area contributed by atoms with Crippen molar-refractivity contribution in [2.45, 2.75) is 45.6 Å². The molecule has 0 aliphatic heterocycles. The average molecular weight is 262 g/mol. The molecule has 1 saturated carbocycles. The minimum absolute atomic E-state index is 0.286. The van der Waals surface area contributed by atoms with Crippen LogP contribution in [0.25, 0.3) is 0 Å². The average Bonchev–Trinajstić information content (AvgIpc) is 2.39. The van der Waals surface area contributed by atoms with Crippen LogP contribution in [0.3, 0.4) is 0 Å². The van der Waals surface area contributed by atoms with E-state index in [2.05, 4.69) is 24.1 Å². The fourth-order valence-corrected chi connectivity index (χ4v) is 2.97. The number of rotatable bonds is 4. The van der Waals surface area contributed by atoms with Crippen LogP contribution in [0.4, 0.5) is 5.82 Å². The fourth-order valence-electron chi connectivity index (χ4n) is 2.97. The van der Waals surface area contributed by atoms with E-state index < -0.39 is 5.97 Å². The summed E-state index contributed by atoms with van der Waals surface area (Å²) in [6.45, 7) is 4.51. The van der Waals surface area contributed by atoms with E-state index in [1.165, 1.54) is 25.3 Å². The third kappa shape index (κ3) is 3.46. The lowest BCUT2D eigenvalue weighted by Gasteiger charge is -2.35. The Labute approximate surface area is 114 Å². The Morgan fingerprint density at radius 1 is 1.42 bits per heavy atom. The van der Waals surface area contributed by atoms with Gasteiger partial charge in [-0.2, -0.15) is 0 Å². The molecular weight excluding hydrogens is 240 g/mol. The first-order valence-electron chi connectivity index (χ1n) is 7.04. The monoisotopic (exact) mass is 262 g/mol. The van der Waals surface area contributed by atoms with Gasteiger partial charge in [-0.15, -0.1) is 0 Å². The third-order valence-electron chi connectivity index (χ3n) is 4.02. The molecule has 0 bridgehead atoms. The van der Waals surface area contributed by atoms with Gasteiger partial charge in [0.15, 0.2) is 0 Å². The summed E-state index contributed by atoms with van der Waals surface area (Å²) < 4.78 is 0. The number of carboxylic acid groups (broad SMARTS) is 1. The Kier molecular flexibility index (Phi) is 4.40. The number of nitrogens with one attached hydrogen (secondary N) is 1. The number of carboxylic acids is 1. The molecule has 0 amide bonds. The van der Waals surface area contributed by atoms with E-state index in [1.807, 2.05) is 0 Å². The number of hydrogen-bond donors (Lipinski definition) is 2. The van der Waals surface area contributed by atoms with Crippen molar-refractivity contribution in [3.05, 3.63) is 23.9 Å². The number of carbonyl (C=O) groups is 1. The summed E-state index contributed by atoms with van der Waals surface area (Å²) in [6.07, 6.45) is 6.47. The molecule has 1 aliphatic carbocycles. The molecule has 19 heavy (non-hydrogen) atoms. The summed E-state index contributed by atoms with van der Waals surface area (Å²) in [5, 5.41) is 12.4. The summed E-state index contributed by atoms with van der Waals surface area (Å²) in [6, 6.07) is 3.55. The van der Waals surface area contributed by atoms with E-state index in [0.29, 0.717) is 23.7 Å². The second-order valence-electron chi connectivity index (χ2n) is 5.68. The van der Waals surface area contributed by atoms with Crippen molar-refractivity contribution in [3.8, 4) is 0 Å². The van der Waals surface area contributed by atoms with Gasteiger partial charge in [0, 0.05) is 12.2 Å². The van der Waals surface area contributed by atoms with E-state index in [0.717, 1.165) is 6.42 Å². The molecule has 2 atom stereocenters. The minimum atomic E-state index is -0.908. The summed E-state index contributed by atoms with van der Waals surface area (Å²) in [5.74, 6) is 1.05. The molecule has 1 fully saturated rings. The van der Waals surface area contributed by atoms with Crippen molar-refractivity contribution in [3.63, 3.8) is 0 Å².